The molecular formula is C15H24IN3O. The van der Waals surface area contributed by atoms with Crippen LogP contribution in [0.3, 0.4) is 0 Å². The molecule has 0 radical (unpaired) electrons. The van der Waals surface area contributed by atoms with Crippen LogP contribution in [-0.4, -0.2) is 23.6 Å². The van der Waals surface area contributed by atoms with Crippen LogP contribution >= 0.6 is 22.6 Å². The van der Waals surface area contributed by atoms with Crippen LogP contribution in [0.2, 0.25) is 0 Å². The molecular weight excluding hydrogens is 365 g/mol. The lowest BCUT2D eigenvalue weighted by Gasteiger charge is -2.29. The molecule has 0 amide bonds. The maximum atomic E-state index is 5.80. The van der Waals surface area contributed by atoms with Gasteiger partial charge >= 0.3 is 0 Å². The van der Waals surface area contributed by atoms with Gasteiger partial charge in [-0.2, -0.15) is 0 Å². The number of hydrogen-bond donors (Lipinski definition) is 1. The molecule has 1 fully saturated rings. The number of methoxy groups -OCH3 is 1. The molecule has 0 bridgehead atoms. The molecule has 1 heterocycles. The van der Waals surface area contributed by atoms with Crippen molar-refractivity contribution < 1.29 is 4.74 Å². The maximum Gasteiger partial charge on any atom is 0.162 e. The summed E-state index contributed by atoms with van der Waals surface area (Å²) in [6, 6.07) is 0. The molecule has 0 unspecified atom stereocenters. The predicted octanol–water partition coefficient (Wildman–Crippen LogP) is 4.05. The van der Waals surface area contributed by atoms with Gasteiger partial charge in [0.1, 0.15) is 11.4 Å². The lowest BCUT2D eigenvalue weighted by molar-refractivity contribution is -0.0292. The van der Waals surface area contributed by atoms with Gasteiger partial charge in [-0.3, -0.25) is 0 Å². The second-order valence-corrected chi connectivity index (χ2v) is 6.38. The van der Waals surface area contributed by atoms with E-state index >= 15 is 0 Å². The van der Waals surface area contributed by atoms with E-state index in [0.717, 1.165) is 31.0 Å². The molecule has 5 heteroatoms. The molecule has 112 valence electrons. The number of hydrogen-bond acceptors (Lipinski definition) is 4. The number of nitrogens with zero attached hydrogens (tertiary/aromatic N) is 2. The summed E-state index contributed by atoms with van der Waals surface area (Å²) < 4.78 is 6.97. The second kappa shape index (κ2) is 6.56. The molecule has 1 aliphatic carbocycles. The third kappa shape index (κ3) is 2.93. The fraction of sp³-hybridized carbons (Fsp3) is 0.733. The average Bonchev–Trinajstić information content (AvgIpc) is 3.29. The van der Waals surface area contributed by atoms with Crippen LogP contribution in [0.25, 0.3) is 0 Å². The number of halogens is 1. The Morgan fingerprint density at radius 1 is 1.25 bits per heavy atom. The number of ether oxygens (including phenoxy) is 1. The molecule has 0 atom stereocenters. The minimum atomic E-state index is -0.363. The van der Waals surface area contributed by atoms with Crippen molar-refractivity contribution in [2.75, 3.05) is 19.0 Å². The molecule has 1 saturated carbocycles. The first-order valence-electron chi connectivity index (χ1n) is 7.48. The predicted molar refractivity (Wildman–Crippen MR) is 90.2 cm³/mol. The Morgan fingerprint density at radius 3 is 2.35 bits per heavy atom. The van der Waals surface area contributed by atoms with Crippen molar-refractivity contribution in [3.63, 3.8) is 0 Å². The van der Waals surface area contributed by atoms with Crippen LogP contribution in [-0.2, 0) is 10.3 Å². The molecule has 1 aromatic rings. The molecule has 0 aliphatic heterocycles. The second-order valence-electron chi connectivity index (χ2n) is 5.31. The fourth-order valence-corrected chi connectivity index (χ4v) is 3.40. The van der Waals surface area contributed by atoms with Crippen molar-refractivity contribution >= 4 is 28.4 Å². The summed E-state index contributed by atoms with van der Waals surface area (Å²) in [4.78, 5) is 9.64. The Bertz CT molecular complexity index is 462. The summed E-state index contributed by atoms with van der Waals surface area (Å²) in [7, 11) is 1.76. The first kappa shape index (κ1) is 15.9. The fourth-order valence-electron chi connectivity index (χ4n) is 2.53. The lowest BCUT2D eigenvalue weighted by Crippen LogP contribution is -2.30. The van der Waals surface area contributed by atoms with Gasteiger partial charge in [0.05, 0.1) is 9.26 Å². The Morgan fingerprint density at radius 2 is 1.90 bits per heavy atom. The van der Waals surface area contributed by atoms with E-state index in [4.69, 9.17) is 14.7 Å². The Hall–Kier alpha value is -0.430. The normalized spacial score (nSPS) is 15.4. The van der Waals surface area contributed by atoms with Crippen LogP contribution in [0.5, 0.6) is 0 Å². The molecule has 2 rings (SSSR count). The van der Waals surface area contributed by atoms with Crippen molar-refractivity contribution in [2.24, 2.45) is 0 Å². The van der Waals surface area contributed by atoms with Gasteiger partial charge in [-0.25, -0.2) is 9.97 Å². The van der Waals surface area contributed by atoms with Crippen LogP contribution < -0.4 is 5.32 Å². The first-order valence-corrected chi connectivity index (χ1v) is 8.56. The minimum Gasteiger partial charge on any atom is -0.370 e. The minimum absolute atomic E-state index is 0.363. The largest absolute Gasteiger partial charge is 0.370 e. The van der Waals surface area contributed by atoms with E-state index in [-0.39, 0.29) is 5.60 Å². The number of anilines is 1. The molecule has 1 aromatic heterocycles. The first-order chi connectivity index (χ1) is 9.61. The van der Waals surface area contributed by atoms with E-state index in [1.165, 1.54) is 22.1 Å². The Kier molecular flexibility index (Phi) is 5.23. The van der Waals surface area contributed by atoms with Gasteiger partial charge in [-0.1, -0.05) is 13.8 Å². The van der Waals surface area contributed by atoms with Gasteiger partial charge in [0.2, 0.25) is 0 Å². The summed E-state index contributed by atoms with van der Waals surface area (Å²) >= 11 is 2.37. The molecule has 1 N–H and O–H groups in total. The highest BCUT2D eigenvalue weighted by Crippen LogP contribution is 2.43. The highest BCUT2D eigenvalue weighted by molar-refractivity contribution is 14.1. The molecule has 20 heavy (non-hydrogen) atoms. The summed E-state index contributed by atoms with van der Waals surface area (Å²) in [6.07, 6.45) is 4.26. The van der Waals surface area contributed by atoms with Gasteiger partial charge in [-0.15, -0.1) is 0 Å². The SMILES string of the molecule is CCNc1nc(C(CC)(CC)OC)nc(C2CC2)c1I. The van der Waals surface area contributed by atoms with E-state index in [9.17, 15) is 0 Å². The highest BCUT2D eigenvalue weighted by Gasteiger charge is 2.36. The zero-order valence-corrected chi connectivity index (χ0v) is 15.0. The van der Waals surface area contributed by atoms with Crippen LogP contribution in [0, 0.1) is 3.57 Å². The van der Waals surface area contributed by atoms with Crippen LogP contribution in [0.4, 0.5) is 5.82 Å². The average molecular weight is 389 g/mol. The quantitative estimate of drug-likeness (QED) is 0.715. The van der Waals surface area contributed by atoms with Gasteiger partial charge < -0.3 is 10.1 Å². The smallest absolute Gasteiger partial charge is 0.162 e. The van der Waals surface area contributed by atoms with Gasteiger partial charge in [0.15, 0.2) is 5.82 Å². The highest BCUT2D eigenvalue weighted by atomic mass is 127. The summed E-state index contributed by atoms with van der Waals surface area (Å²) in [5, 5.41) is 3.37. The van der Waals surface area contributed by atoms with Crippen molar-refractivity contribution in [3.8, 4) is 0 Å². The van der Waals surface area contributed by atoms with E-state index in [0.29, 0.717) is 5.92 Å². The monoisotopic (exact) mass is 389 g/mol. The molecule has 0 spiro atoms. The van der Waals surface area contributed by atoms with E-state index in [1.807, 2.05) is 0 Å². The topological polar surface area (TPSA) is 47.0 Å². The maximum absolute atomic E-state index is 5.80. The molecule has 4 nitrogen and oxygen atoms in total. The van der Waals surface area contributed by atoms with Crippen molar-refractivity contribution in [1.29, 1.82) is 0 Å². The lowest BCUT2D eigenvalue weighted by atomic mass is 9.95. The number of nitrogens with one attached hydrogen (secondary N) is 1. The van der Waals surface area contributed by atoms with Crippen molar-refractivity contribution in [3.05, 3.63) is 15.1 Å². The van der Waals surface area contributed by atoms with Gasteiger partial charge in [0.25, 0.3) is 0 Å². The Labute approximate surface area is 135 Å². The summed E-state index contributed by atoms with van der Waals surface area (Å²) in [6.45, 7) is 7.24. The number of rotatable bonds is 7. The molecule has 1 aliphatic rings. The third-order valence-corrected chi connectivity index (χ3v) is 5.19. The van der Waals surface area contributed by atoms with Gasteiger partial charge in [0, 0.05) is 19.6 Å². The van der Waals surface area contributed by atoms with E-state index in [2.05, 4.69) is 48.7 Å². The Balaban J connectivity index is 2.52. The standard InChI is InChI=1S/C15H24IN3O/c1-5-15(6-2,20-4)14-18-12(10-8-9-10)11(16)13(19-14)17-7-3/h10H,5-9H2,1-4H3,(H,17,18,19). The summed E-state index contributed by atoms with van der Waals surface area (Å²) in [5.41, 5.74) is 0.841. The van der Waals surface area contributed by atoms with Gasteiger partial charge in [-0.05, 0) is 55.2 Å². The zero-order chi connectivity index (χ0) is 14.8. The third-order valence-electron chi connectivity index (χ3n) is 4.13. The van der Waals surface area contributed by atoms with E-state index in [1.54, 1.807) is 7.11 Å². The number of aromatic nitrogens is 2. The van der Waals surface area contributed by atoms with E-state index < -0.39 is 0 Å². The zero-order valence-electron chi connectivity index (χ0n) is 12.8. The molecule has 0 saturated heterocycles. The van der Waals surface area contributed by atoms with Crippen LogP contribution in [0.1, 0.15) is 63.9 Å². The summed E-state index contributed by atoms with van der Waals surface area (Å²) in [5.74, 6) is 2.41. The van der Waals surface area contributed by atoms with Crippen molar-refractivity contribution in [2.45, 2.75) is 58.0 Å². The van der Waals surface area contributed by atoms with Crippen LogP contribution in [0.15, 0.2) is 0 Å². The van der Waals surface area contributed by atoms with Crippen molar-refractivity contribution in [1.82, 2.24) is 9.97 Å². The molecule has 0 aromatic carbocycles.